The molecule has 0 aliphatic carbocycles. The van der Waals surface area contributed by atoms with Gasteiger partial charge in [0.2, 0.25) is 0 Å². The third-order valence-corrected chi connectivity index (χ3v) is 4.11. The summed E-state index contributed by atoms with van der Waals surface area (Å²) in [6.07, 6.45) is 5.28. The van der Waals surface area contributed by atoms with E-state index < -0.39 is 0 Å². The first-order valence-electron chi connectivity index (χ1n) is 7.53. The number of hydrogen-bond acceptors (Lipinski definition) is 2. The molecule has 0 bridgehead atoms. The maximum absolute atomic E-state index is 5.74. The van der Waals surface area contributed by atoms with Gasteiger partial charge in [0.1, 0.15) is 0 Å². The topological polar surface area (TPSA) is 48.8 Å². The summed E-state index contributed by atoms with van der Waals surface area (Å²) >= 11 is 0. The molecule has 0 radical (unpaired) electrons. The van der Waals surface area contributed by atoms with E-state index in [0.29, 0.717) is 12.6 Å². The van der Waals surface area contributed by atoms with Crippen molar-refractivity contribution in [3.05, 3.63) is 54.0 Å². The molecule has 0 saturated heterocycles. The standard InChI is InChI=1S/C17H22N4/c1-3-13(2)21-9-7-16(19-21)12-20-8-6-15-5-4-14(11-18)10-17(15)20/h4-10,13H,3,11-12,18H2,1-2H3. The van der Waals surface area contributed by atoms with Crippen molar-refractivity contribution in [3.63, 3.8) is 0 Å². The molecule has 0 amide bonds. The molecule has 4 heteroatoms. The summed E-state index contributed by atoms with van der Waals surface area (Å²) in [6, 6.07) is 11.1. The number of nitrogens with two attached hydrogens (primary N) is 1. The summed E-state index contributed by atoms with van der Waals surface area (Å²) in [4.78, 5) is 0. The third-order valence-electron chi connectivity index (χ3n) is 4.11. The van der Waals surface area contributed by atoms with E-state index in [-0.39, 0.29) is 0 Å². The molecule has 0 fully saturated rings. The van der Waals surface area contributed by atoms with Gasteiger partial charge in [-0.2, -0.15) is 5.10 Å². The zero-order chi connectivity index (χ0) is 14.8. The van der Waals surface area contributed by atoms with E-state index in [9.17, 15) is 0 Å². The van der Waals surface area contributed by atoms with Crippen molar-refractivity contribution in [2.45, 2.75) is 39.4 Å². The van der Waals surface area contributed by atoms with Crippen LogP contribution in [0.4, 0.5) is 0 Å². The van der Waals surface area contributed by atoms with Gasteiger partial charge in [0.25, 0.3) is 0 Å². The van der Waals surface area contributed by atoms with E-state index in [2.05, 4.69) is 66.2 Å². The first-order valence-corrected chi connectivity index (χ1v) is 7.53. The summed E-state index contributed by atoms with van der Waals surface area (Å²) in [5, 5.41) is 5.92. The van der Waals surface area contributed by atoms with E-state index in [4.69, 9.17) is 5.73 Å². The van der Waals surface area contributed by atoms with Crippen LogP contribution in [0.1, 0.15) is 37.6 Å². The Morgan fingerprint density at radius 1 is 1.19 bits per heavy atom. The average Bonchev–Trinajstić information content (AvgIpc) is 3.14. The van der Waals surface area contributed by atoms with E-state index in [0.717, 1.165) is 24.2 Å². The fraction of sp³-hybridized carbons (Fsp3) is 0.353. The number of fused-ring (bicyclic) bond motifs is 1. The smallest absolute Gasteiger partial charge is 0.0821 e. The molecule has 0 saturated carbocycles. The Hall–Kier alpha value is -2.07. The number of benzene rings is 1. The van der Waals surface area contributed by atoms with Crippen molar-refractivity contribution >= 4 is 10.9 Å². The monoisotopic (exact) mass is 282 g/mol. The number of rotatable bonds is 5. The summed E-state index contributed by atoms with van der Waals surface area (Å²) in [7, 11) is 0. The first-order chi connectivity index (χ1) is 10.2. The van der Waals surface area contributed by atoms with E-state index in [1.54, 1.807) is 0 Å². The molecule has 0 aliphatic heterocycles. The van der Waals surface area contributed by atoms with Crippen molar-refractivity contribution in [2.75, 3.05) is 0 Å². The van der Waals surface area contributed by atoms with E-state index in [1.165, 1.54) is 10.9 Å². The highest BCUT2D eigenvalue weighted by Crippen LogP contribution is 2.19. The Morgan fingerprint density at radius 3 is 2.81 bits per heavy atom. The van der Waals surface area contributed by atoms with Gasteiger partial charge in [0, 0.05) is 30.5 Å². The van der Waals surface area contributed by atoms with Crippen LogP contribution >= 0.6 is 0 Å². The molecule has 1 unspecified atom stereocenters. The largest absolute Gasteiger partial charge is 0.341 e. The fourth-order valence-electron chi connectivity index (χ4n) is 2.56. The Bertz CT molecular complexity index is 738. The SMILES string of the molecule is CCC(C)n1ccc(Cn2ccc3ccc(CN)cc32)n1. The molecular weight excluding hydrogens is 260 g/mol. The molecule has 21 heavy (non-hydrogen) atoms. The molecule has 3 aromatic rings. The van der Waals surface area contributed by atoms with Gasteiger partial charge in [-0.25, -0.2) is 0 Å². The fourth-order valence-corrected chi connectivity index (χ4v) is 2.56. The van der Waals surface area contributed by atoms with Gasteiger partial charge in [-0.05, 0) is 42.5 Å². The van der Waals surface area contributed by atoms with Crippen LogP contribution in [0.2, 0.25) is 0 Å². The zero-order valence-electron chi connectivity index (χ0n) is 12.7. The van der Waals surface area contributed by atoms with Crippen LogP contribution < -0.4 is 5.73 Å². The van der Waals surface area contributed by atoms with Crippen LogP contribution in [0.25, 0.3) is 10.9 Å². The van der Waals surface area contributed by atoms with Crippen molar-refractivity contribution in [1.29, 1.82) is 0 Å². The lowest BCUT2D eigenvalue weighted by Gasteiger charge is -2.08. The molecule has 4 nitrogen and oxygen atoms in total. The lowest BCUT2D eigenvalue weighted by Crippen LogP contribution is -2.06. The molecule has 3 rings (SSSR count). The summed E-state index contributed by atoms with van der Waals surface area (Å²) in [5.74, 6) is 0. The average molecular weight is 282 g/mol. The second-order valence-electron chi connectivity index (χ2n) is 5.59. The summed E-state index contributed by atoms with van der Waals surface area (Å²) in [5.41, 5.74) is 9.21. The molecule has 2 aromatic heterocycles. The minimum absolute atomic E-state index is 0.448. The minimum Gasteiger partial charge on any atom is -0.341 e. The molecule has 0 aliphatic rings. The van der Waals surface area contributed by atoms with Crippen LogP contribution in [-0.4, -0.2) is 14.3 Å². The van der Waals surface area contributed by atoms with Gasteiger partial charge >= 0.3 is 0 Å². The Morgan fingerprint density at radius 2 is 2.05 bits per heavy atom. The van der Waals surface area contributed by atoms with Gasteiger partial charge in [0.05, 0.1) is 12.2 Å². The van der Waals surface area contributed by atoms with Crippen molar-refractivity contribution in [2.24, 2.45) is 5.73 Å². The molecular formula is C17H22N4. The predicted octanol–water partition coefficient (Wildman–Crippen LogP) is 3.32. The van der Waals surface area contributed by atoms with Gasteiger partial charge in [0.15, 0.2) is 0 Å². The molecule has 2 heterocycles. The highest BCUT2D eigenvalue weighted by atomic mass is 15.3. The van der Waals surface area contributed by atoms with E-state index >= 15 is 0 Å². The molecule has 2 N–H and O–H groups in total. The first kappa shape index (κ1) is 13.9. The number of hydrogen-bond donors (Lipinski definition) is 1. The lowest BCUT2D eigenvalue weighted by molar-refractivity contribution is 0.472. The van der Waals surface area contributed by atoms with Crippen LogP contribution in [0, 0.1) is 0 Å². The van der Waals surface area contributed by atoms with Crippen molar-refractivity contribution in [1.82, 2.24) is 14.3 Å². The van der Waals surface area contributed by atoms with Crippen molar-refractivity contribution in [3.8, 4) is 0 Å². The second-order valence-corrected chi connectivity index (χ2v) is 5.59. The van der Waals surface area contributed by atoms with Gasteiger partial charge < -0.3 is 10.3 Å². The van der Waals surface area contributed by atoms with Crippen LogP contribution in [0.15, 0.2) is 42.7 Å². The summed E-state index contributed by atoms with van der Waals surface area (Å²) < 4.78 is 4.28. The quantitative estimate of drug-likeness (QED) is 0.780. The van der Waals surface area contributed by atoms with Gasteiger partial charge in [-0.15, -0.1) is 0 Å². The van der Waals surface area contributed by atoms with Crippen LogP contribution in [0.3, 0.4) is 0 Å². The normalized spacial score (nSPS) is 12.9. The minimum atomic E-state index is 0.448. The summed E-state index contributed by atoms with van der Waals surface area (Å²) in [6.45, 7) is 5.74. The highest BCUT2D eigenvalue weighted by molar-refractivity contribution is 5.80. The Kier molecular flexibility index (Phi) is 3.80. The molecule has 0 spiro atoms. The molecule has 110 valence electrons. The second kappa shape index (κ2) is 5.74. The van der Waals surface area contributed by atoms with Crippen LogP contribution in [-0.2, 0) is 13.1 Å². The zero-order valence-corrected chi connectivity index (χ0v) is 12.7. The number of aromatic nitrogens is 3. The van der Waals surface area contributed by atoms with Gasteiger partial charge in [-0.3, -0.25) is 4.68 Å². The van der Waals surface area contributed by atoms with E-state index in [1.807, 2.05) is 4.68 Å². The van der Waals surface area contributed by atoms with Crippen LogP contribution in [0.5, 0.6) is 0 Å². The molecule has 1 aromatic carbocycles. The maximum atomic E-state index is 5.74. The predicted molar refractivity (Wildman–Crippen MR) is 86.2 cm³/mol. The Labute approximate surface area is 125 Å². The van der Waals surface area contributed by atoms with Gasteiger partial charge in [-0.1, -0.05) is 19.1 Å². The highest BCUT2D eigenvalue weighted by Gasteiger charge is 2.07. The third kappa shape index (κ3) is 2.72. The Balaban J connectivity index is 1.89. The maximum Gasteiger partial charge on any atom is 0.0821 e. The molecule has 1 atom stereocenters. The lowest BCUT2D eigenvalue weighted by atomic mass is 10.1. The van der Waals surface area contributed by atoms with Crippen molar-refractivity contribution < 1.29 is 0 Å². The number of nitrogens with zero attached hydrogens (tertiary/aromatic N) is 3.